The van der Waals surface area contributed by atoms with Crippen LogP contribution >= 0.6 is 0 Å². The zero-order valence-electron chi connectivity index (χ0n) is 33.7. The summed E-state index contributed by atoms with van der Waals surface area (Å²) in [5, 5.41) is 4.22. The average molecular weight is 734 g/mol. The van der Waals surface area contributed by atoms with Crippen LogP contribution in [0.2, 0.25) is 0 Å². The van der Waals surface area contributed by atoms with Crippen LogP contribution in [0.15, 0.2) is 130 Å². The highest BCUT2D eigenvalue weighted by Crippen LogP contribution is 2.48. The monoisotopic (exact) mass is 733 g/mol. The largest absolute Gasteiger partial charge is 0.455 e. The molecular formula is C51H47N3O2. The maximum absolute atomic E-state index is 7.12. The molecule has 0 bridgehead atoms. The van der Waals surface area contributed by atoms with Gasteiger partial charge in [-0.2, -0.15) is 0 Å². The summed E-state index contributed by atoms with van der Waals surface area (Å²) in [6.07, 6.45) is 0. The molecule has 0 unspecified atom stereocenters. The van der Waals surface area contributed by atoms with Gasteiger partial charge >= 0.3 is 0 Å². The zero-order valence-corrected chi connectivity index (χ0v) is 33.7. The topological polar surface area (TPSA) is 65.0 Å². The summed E-state index contributed by atoms with van der Waals surface area (Å²) in [5.74, 6) is 1.82. The molecule has 0 aliphatic rings. The minimum absolute atomic E-state index is 0.0334. The lowest BCUT2D eigenvalue weighted by atomic mass is 9.79. The van der Waals surface area contributed by atoms with Crippen molar-refractivity contribution in [3.05, 3.63) is 138 Å². The van der Waals surface area contributed by atoms with Crippen LogP contribution in [0.5, 0.6) is 0 Å². The van der Waals surface area contributed by atoms with Gasteiger partial charge in [-0.05, 0) is 63.8 Å². The third-order valence-electron chi connectivity index (χ3n) is 11.0. The molecule has 3 heterocycles. The standard InChI is InChI=1S/C51H47N3O2/c1-49(2,3)32-26-37(43-38(27-32)39-28-33(50(4,5)6)29-40(44(39)56-43)51(7,8)9)34-24-25-36(42-35-22-16-17-23-41(35)55-45(34)42)48-53-46(30-18-12-10-13-19-30)52-47(54-48)31-20-14-11-15-21-31/h10-29H,1-9H3. The molecule has 0 aliphatic carbocycles. The number of aromatic nitrogens is 3. The Hall–Kier alpha value is -6.07. The number of nitrogens with zero attached hydrogens (tertiary/aromatic N) is 3. The number of hydrogen-bond donors (Lipinski definition) is 0. The molecule has 9 rings (SSSR count). The minimum Gasteiger partial charge on any atom is -0.455 e. The first kappa shape index (κ1) is 35.6. The van der Waals surface area contributed by atoms with E-state index in [9.17, 15) is 0 Å². The quantitative estimate of drug-likeness (QED) is 0.180. The Morgan fingerprint density at radius 3 is 1.50 bits per heavy atom. The Kier molecular flexibility index (Phi) is 8.10. The van der Waals surface area contributed by atoms with Gasteiger partial charge in [0.1, 0.15) is 22.3 Å². The molecule has 5 heteroatoms. The van der Waals surface area contributed by atoms with Gasteiger partial charge in [0, 0.05) is 54.9 Å². The third-order valence-corrected chi connectivity index (χ3v) is 11.0. The second-order valence-electron chi connectivity index (χ2n) is 18.2. The SMILES string of the molecule is CC(C)(C)c1cc(-c2ccc(-c3nc(-c4ccccc4)nc(-c4ccccc4)n3)c3c2oc2ccccc23)c2oc3c(C(C)(C)C)cc(C(C)(C)C)cc3c2c1. The van der Waals surface area contributed by atoms with Gasteiger partial charge in [-0.1, -0.05) is 147 Å². The van der Waals surface area contributed by atoms with Crippen molar-refractivity contribution in [1.82, 2.24) is 15.0 Å². The van der Waals surface area contributed by atoms with Gasteiger partial charge in [0.15, 0.2) is 17.5 Å². The van der Waals surface area contributed by atoms with E-state index in [1.165, 1.54) is 16.7 Å². The Balaban J connectivity index is 1.37. The molecule has 0 aliphatic heterocycles. The molecule has 0 saturated heterocycles. The highest BCUT2D eigenvalue weighted by molar-refractivity contribution is 6.19. The smallest absolute Gasteiger partial charge is 0.164 e. The van der Waals surface area contributed by atoms with Crippen LogP contribution in [-0.4, -0.2) is 15.0 Å². The van der Waals surface area contributed by atoms with Gasteiger partial charge in [0.25, 0.3) is 0 Å². The fourth-order valence-electron chi connectivity index (χ4n) is 7.76. The number of furan rings is 2. The van der Waals surface area contributed by atoms with Gasteiger partial charge in [-0.15, -0.1) is 0 Å². The van der Waals surface area contributed by atoms with E-state index in [0.717, 1.165) is 71.7 Å². The Morgan fingerprint density at radius 2 is 0.911 bits per heavy atom. The van der Waals surface area contributed by atoms with E-state index >= 15 is 0 Å². The molecular weight excluding hydrogens is 687 g/mol. The van der Waals surface area contributed by atoms with E-state index in [2.05, 4.69) is 111 Å². The Morgan fingerprint density at radius 1 is 0.393 bits per heavy atom. The maximum Gasteiger partial charge on any atom is 0.164 e. The predicted molar refractivity (Wildman–Crippen MR) is 232 cm³/mol. The molecule has 0 saturated carbocycles. The van der Waals surface area contributed by atoms with Crippen LogP contribution in [0.1, 0.15) is 79.0 Å². The Labute approximate surface area is 328 Å². The lowest BCUT2D eigenvalue weighted by Gasteiger charge is -2.25. The van der Waals surface area contributed by atoms with E-state index in [0.29, 0.717) is 17.5 Å². The first-order valence-electron chi connectivity index (χ1n) is 19.5. The zero-order chi connectivity index (χ0) is 39.1. The van der Waals surface area contributed by atoms with Crippen LogP contribution in [0, 0.1) is 0 Å². The average Bonchev–Trinajstić information content (AvgIpc) is 3.75. The van der Waals surface area contributed by atoms with Crippen LogP contribution in [0.3, 0.4) is 0 Å². The summed E-state index contributed by atoms with van der Waals surface area (Å²) in [7, 11) is 0. The summed E-state index contributed by atoms with van der Waals surface area (Å²) < 4.78 is 14.0. The first-order chi connectivity index (χ1) is 26.6. The fraction of sp³-hybridized carbons (Fsp3) is 0.235. The van der Waals surface area contributed by atoms with Crippen LogP contribution in [0.25, 0.3) is 89.2 Å². The molecule has 5 nitrogen and oxygen atoms in total. The highest BCUT2D eigenvalue weighted by atomic mass is 16.3. The third kappa shape index (κ3) is 6.06. The van der Waals surface area contributed by atoms with Gasteiger partial charge in [0.05, 0.1) is 0 Å². The van der Waals surface area contributed by atoms with Crippen molar-refractivity contribution in [2.75, 3.05) is 0 Å². The molecule has 278 valence electrons. The molecule has 0 amide bonds. The molecule has 0 spiro atoms. The molecule has 0 N–H and O–H groups in total. The minimum atomic E-state index is -0.129. The molecule has 6 aromatic carbocycles. The van der Waals surface area contributed by atoms with Crippen LogP contribution in [-0.2, 0) is 16.2 Å². The molecule has 3 aromatic heterocycles. The summed E-state index contributed by atoms with van der Waals surface area (Å²) >= 11 is 0. The van der Waals surface area contributed by atoms with Crippen molar-refractivity contribution in [1.29, 1.82) is 0 Å². The molecule has 56 heavy (non-hydrogen) atoms. The second-order valence-corrected chi connectivity index (χ2v) is 18.2. The highest BCUT2D eigenvalue weighted by Gasteiger charge is 2.29. The molecule has 9 aromatic rings. The van der Waals surface area contributed by atoms with Gasteiger partial charge < -0.3 is 8.83 Å². The van der Waals surface area contributed by atoms with Crippen molar-refractivity contribution in [3.8, 4) is 45.3 Å². The summed E-state index contributed by atoms with van der Waals surface area (Å²) in [5.41, 5.74) is 11.5. The van der Waals surface area contributed by atoms with Crippen molar-refractivity contribution < 1.29 is 8.83 Å². The number of benzene rings is 6. The summed E-state index contributed by atoms with van der Waals surface area (Å²) in [4.78, 5) is 15.3. The maximum atomic E-state index is 7.12. The van der Waals surface area contributed by atoms with E-state index in [1.807, 2.05) is 72.8 Å². The number of hydrogen-bond acceptors (Lipinski definition) is 5. The lowest BCUT2D eigenvalue weighted by molar-refractivity contribution is 0.559. The van der Waals surface area contributed by atoms with Crippen LogP contribution in [0.4, 0.5) is 0 Å². The van der Waals surface area contributed by atoms with Crippen molar-refractivity contribution in [3.63, 3.8) is 0 Å². The van der Waals surface area contributed by atoms with E-state index in [-0.39, 0.29) is 16.2 Å². The lowest BCUT2D eigenvalue weighted by Crippen LogP contribution is -2.16. The molecule has 0 atom stereocenters. The van der Waals surface area contributed by atoms with Gasteiger partial charge in [-0.25, -0.2) is 15.0 Å². The predicted octanol–water partition coefficient (Wildman–Crippen LogP) is 14.2. The van der Waals surface area contributed by atoms with Crippen molar-refractivity contribution in [2.24, 2.45) is 0 Å². The van der Waals surface area contributed by atoms with E-state index < -0.39 is 0 Å². The number of fused-ring (bicyclic) bond motifs is 6. The van der Waals surface area contributed by atoms with E-state index in [4.69, 9.17) is 23.8 Å². The summed E-state index contributed by atoms with van der Waals surface area (Å²) in [6, 6.07) is 42.1. The van der Waals surface area contributed by atoms with E-state index in [1.54, 1.807) is 0 Å². The van der Waals surface area contributed by atoms with Gasteiger partial charge in [0.2, 0.25) is 0 Å². The molecule has 0 radical (unpaired) electrons. The van der Waals surface area contributed by atoms with Gasteiger partial charge in [-0.3, -0.25) is 0 Å². The number of rotatable bonds is 4. The van der Waals surface area contributed by atoms with Crippen LogP contribution < -0.4 is 0 Å². The number of para-hydroxylation sites is 1. The van der Waals surface area contributed by atoms with Crippen molar-refractivity contribution >= 4 is 43.9 Å². The van der Waals surface area contributed by atoms with Crippen molar-refractivity contribution in [2.45, 2.75) is 78.6 Å². The molecule has 0 fully saturated rings. The Bertz CT molecular complexity index is 2890. The summed E-state index contributed by atoms with van der Waals surface area (Å²) in [6.45, 7) is 20.5. The normalized spacial score (nSPS) is 12.7. The first-order valence-corrected chi connectivity index (χ1v) is 19.5. The fourth-order valence-corrected chi connectivity index (χ4v) is 7.76. The second kappa shape index (κ2) is 12.7.